The number of nitro groups is 2. The van der Waals surface area contributed by atoms with Gasteiger partial charge < -0.3 is 4.74 Å². The molecule has 0 aliphatic carbocycles. The molecule has 2 atom stereocenters. The molecule has 0 unspecified atom stereocenters. The SMILES string of the molecule is CCOC(=O)[C@@](F)([C@H](C[N+](=O)[O-])c1cccc(Br)c1)[N+](=O)[O-]. The monoisotopic (exact) mass is 378 g/mol. The van der Waals surface area contributed by atoms with Crippen LogP contribution in [-0.2, 0) is 9.53 Å². The summed E-state index contributed by atoms with van der Waals surface area (Å²) in [5.41, 5.74) is -0.0571. The number of halogens is 2. The van der Waals surface area contributed by atoms with Crippen molar-refractivity contribution in [1.29, 1.82) is 0 Å². The molecule has 120 valence electrons. The van der Waals surface area contributed by atoms with Crippen molar-refractivity contribution in [1.82, 2.24) is 0 Å². The molecule has 0 bridgehead atoms. The highest BCUT2D eigenvalue weighted by atomic mass is 79.9. The van der Waals surface area contributed by atoms with Crippen LogP contribution in [0.4, 0.5) is 4.39 Å². The summed E-state index contributed by atoms with van der Waals surface area (Å²) in [4.78, 5) is 31.2. The van der Waals surface area contributed by atoms with E-state index in [0.29, 0.717) is 4.47 Å². The minimum absolute atomic E-state index is 0.0571. The number of rotatable bonds is 7. The Hall–Kier alpha value is -2.10. The molecule has 0 spiro atoms. The average molecular weight is 379 g/mol. The first-order valence-corrected chi connectivity index (χ1v) is 6.90. The topological polar surface area (TPSA) is 113 Å². The van der Waals surface area contributed by atoms with Crippen molar-refractivity contribution in [3.63, 3.8) is 0 Å². The van der Waals surface area contributed by atoms with Crippen molar-refractivity contribution in [2.75, 3.05) is 13.2 Å². The molecule has 8 nitrogen and oxygen atoms in total. The zero-order chi connectivity index (χ0) is 16.9. The quantitative estimate of drug-likeness (QED) is 0.311. The first-order valence-electron chi connectivity index (χ1n) is 6.11. The molecule has 0 aromatic heterocycles. The van der Waals surface area contributed by atoms with Crippen LogP contribution < -0.4 is 0 Å². The van der Waals surface area contributed by atoms with Gasteiger partial charge in [0.2, 0.25) is 6.54 Å². The normalized spacial score (nSPS) is 14.7. The molecule has 1 aromatic carbocycles. The first-order chi connectivity index (χ1) is 10.2. The summed E-state index contributed by atoms with van der Waals surface area (Å²) in [5, 5.41) is 21.9. The second-order valence-corrected chi connectivity index (χ2v) is 5.19. The zero-order valence-corrected chi connectivity index (χ0v) is 13.0. The van der Waals surface area contributed by atoms with Crippen LogP contribution in [0.25, 0.3) is 0 Å². The molecular formula is C12H12BrFN2O6. The number of hydrogen-bond acceptors (Lipinski definition) is 6. The van der Waals surface area contributed by atoms with Gasteiger partial charge in [0.05, 0.1) is 11.5 Å². The highest BCUT2D eigenvalue weighted by Gasteiger charge is 2.63. The van der Waals surface area contributed by atoms with Crippen LogP contribution in [0.1, 0.15) is 18.4 Å². The van der Waals surface area contributed by atoms with E-state index in [4.69, 9.17) is 0 Å². The fourth-order valence-corrected chi connectivity index (χ4v) is 2.31. The lowest BCUT2D eigenvalue weighted by Crippen LogP contribution is -2.50. The van der Waals surface area contributed by atoms with Crippen LogP contribution in [0.3, 0.4) is 0 Å². The molecule has 0 heterocycles. The third kappa shape index (κ3) is 3.75. The maximum Gasteiger partial charge on any atom is 0.467 e. The van der Waals surface area contributed by atoms with Crippen LogP contribution >= 0.6 is 15.9 Å². The van der Waals surface area contributed by atoms with E-state index < -0.39 is 34.1 Å². The minimum atomic E-state index is -3.75. The van der Waals surface area contributed by atoms with E-state index in [0.717, 1.165) is 0 Å². The smallest absolute Gasteiger partial charge is 0.458 e. The Morgan fingerprint density at radius 3 is 2.55 bits per heavy atom. The standard InChI is InChI=1S/C12H12BrFN2O6/c1-2-22-11(17)12(14,16(20)21)10(7-15(18)19)8-4-3-5-9(13)6-8/h3-6,10H,2,7H2,1H3/t10-,12-/m1/s1. The van der Waals surface area contributed by atoms with E-state index in [9.17, 15) is 29.4 Å². The molecule has 1 aromatic rings. The number of carbonyl (C=O) groups excluding carboxylic acids is 1. The first kappa shape index (κ1) is 18.0. The van der Waals surface area contributed by atoms with Crippen molar-refractivity contribution >= 4 is 21.9 Å². The molecule has 0 N–H and O–H groups in total. The number of alkyl halides is 1. The van der Waals surface area contributed by atoms with Gasteiger partial charge in [-0.3, -0.25) is 20.2 Å². The lowest BCUT2D eigenvalue weighted by molar-refractivity contribution is -0.605. The molecule has 0 saturated carbocycles. The van der Waals surface area contributed by atoms with Crippen molar-refractivity contribution in [2.45, 2.75) is 18.6 Å². The van der Waals surface area contributed by atoms with Gasteiger partial charge in [0.25, 0.3) is 0 Å². The number of nitrogens with zero attached hydrogens (tertiary/aromatic N) is 2. The second-order valence-electron chi connectivity index (χ2n) is 4.27. The zero-order valence-electron chi connectivity index (χ0n) is 11.4. The highest BCUT2D eigenvalue weighted by Crippen LogP contribution is 2.35. The summed E-state index contributed by atoms with van der Waals surface area (Å²) in [6.07, 6.45) is 0. The predicted octanol–water partition coefficient (Wildman–Crippen LogP) is 2.32. The molecule has 1 rings (SSSR count). The van der Waals surface area contributed by atoms with Crippen LogP contribution in [0.2, 0.25) is 0 Å². The maximum atomic E-state index is 14.8. The summed E-state index contributed by atoms with van der Waals surface area (Å²) < 4.78 is 19.7. The van der Waals surface area contributed by atoms with Gasteiger partial charge >= 0.3 is 11.8 Å². The van der Waals surface area contributed by atoms with E-state index in [1.807, 2.05) is 0 Å². The molecule has 10 heteroatoms. The van der Waals surface area contributed by atoms with Gasteiger partial charge in [-0.2, -0.15) is 4.39 Å². The third-order valence-electron chi connectivity index (χ3n) is 2.87. The number of ether oxygens (including phenoxy) is 1. The molecule has 0 saturated heterocycles. The minimum Gasteiger partial charge on any atom is -0.458 e. The fourth-order valence-electron chi connectivity index (χ4n) is 1.90. The summed E-state index contributed by atoms with van der Waals surface area (Å²) in [6, 6.07) is 5.54. The Morgan fingerprint density at radius 2 is 2.09 bits per heavy atom. The van der Waals surface area contributed by atoms with Crippen molar-refractivity contribution in [3.8, 4) is 0 Å². The molecule has 0 amide bonds. The molecule has 0 radical (unpaired) electrons. The highest BCUT2D eigenvalue weighted by molar-refractivity contribution is 9.10. The second kappa shape index (κ2) is 7.25. The van der Waals surface area contributed by atoms with E-state index >= 15 is 0 Å². The molecular weight excluding hydrogens is 367 g/mol. The number of benzene rings is 1. The maximum absolute atomic E-state index is 14.8. The Bertz CT molecular complexity index is 599. The number of carbonyl (C=O) groups is 1. The Morgan fingerprint density at radius 1 is 1.45 bits per heavy atom. The number of esters is 1. The molecule has 0 fully saturated rings. The van der Waals surface area contributed by atoms with Crippen LogP contribution in [-0.4, -0.2) is 34.8 Å². The summed E-state index contributed by atoms with van der Waals surface area (Å²) in [7, 11) is 0. The van der Waals surface area contributed by atoms with E-state index in [2.05, 4.69) is 20.7 Å². The van der Waals surface area contributed by atoms with Crippen molar-refractivity contribution < 1.29 is 23.8 Å². The van der Waals surface area contributed by atoms with Gasteiger partial charge in [-0.1, -0.05) is 28.1 Å². The van der Waals surface area contributed by atoms with E-state index in [1.165, 1.54) is 25.1 Å². The largest absolute Gasteiger partial charge is 0.467 e. The lowest BCUT2D eigenvalue weighted by Gasteiger charge is -2.22. The van der Waals surface area contributed by atoms with Gasteiger partial charge in [0.1, 0.15) is 0 Å². The molecule has 0 aliphatic heterocycles. The van der Waals surface area contributed by atoms with Gasteiger partial charge in [-0.25, -0.2) is 4.79 Å². The van der Waals surface area contributed by atoms with Crippen molar-refractivity contribution in [2.24, 2.45) is 0 Å². The van der Waals surface area contributed by atoms with Gasteiger partial charge in [-0.15, -0.1) is 0 Å². The summed E-state index contributed by atoms with van der Waals surface area (Å²) in [6.45, 7) is -0.0748. The molecule has 0 aliphatic rings. The van der Waals surface area contributed by atoms with Gasteiger partial charge in [-0.05, 0) is 24.6 Å². The summed E-state index contributed by atoms with van der Waals surface area (Å²) in [5.74, 6) is -7.43. The van der Waals surface area contributed by atoms with E-state index in [-0.39, 0.29) is 12.2 Å². The fraction of sp³-hybridized carbons (Fsp3) is 0.417. The van der Waals surface area contributed by atoms with Gasteiger partial charge in [0.15, 0.2) is 5.92 Å². The van der Waals surface area contributed by atoms with Crippen LogP contribution in [0, 0.1) is 20.2 Å². The predicted molar refractivity (Wildman–Crippen MR) is 76.2 cm³/mol. The Labute approximate surface area is 132 Å². The average Bonchev–Trinajstić information content (AvgIpc) is 2.43. The van der Waals surface area contributed by atoms with Gasteiger partial charge in [0, 0.05) is 9.40 Å². The Kier molecular flexibility index (Phi) is 5.92. The van der Waals surface area contributed by atoms with Crippen LogP contribution in [0.5, 0.6) is 0 Å². The molecule has 22 heavy (non-hydrogen) atoms. The van der Waals surface area contributed by atoms with Crippen LogP contribution in [0.15, 0.2) is 28.7 Å². The van der Waals surface area contributed by atoms with Crippen molar-refractivity contribution in [3.05, 3.63) is 54.5 Å². The number of hydrogen-bond donors (Lipinski definition) is 0. The Balaban J connectivity index is 3.42. The lowest BCUT2D eigenvalue weighted by atomic mass is 9.89. The van der Waals surface area contributed by atoms with E-state index in [1.54, 1.807) is 6.07 Å². The summed E-state index contributed by atoms with van der Waals surface area (Å²) >= 11 is 3.09. The third-order valence-corrected chi connectivity index (χ3v) is 3.37.